The maximum atomic E-state index is 13.3. The average molecular weight is 394 g/mol. The molecule has 0 aliphatic heterocycles. The number of ether oxygens (including phenoxy) is 1. The molecule has 0 bridgehead atoms. The van der Waals surface area contributed by atoms with E-state index in [4.69, 9.17) is 4.74 Å². The summed E-state index contributed by atoms with van der Waals surface area (Å²) in [5.41, 5.74) is 0.204. The van der Waals surface area contributed by atoms with Crippen LogP contribution in [0, 0.1) is 11.2 Å². The molecule has 1 nitrogen and oxygen atoms in total. The van der Waals surface area contributed by atoms with Gasteiger partial charge in [-0.25, -0.2) is 4.39 Å². The molecule has 0 N–H and O–H groups in total. The molecule has 0 spiro atoms. The predicted molar refractivity (Wildman–Crippen MR) is 83.5 cm³/mol. The number of halogens is 3. The van der Waals surface area contributed by atoms with E-state index in [1.807, 2.05) is 6.07 Å². The summed E-state index contributed by atoms with van der Waals surface area (Å²) in [5, 5.41) is 0.955. The van der Waals surface area contributed by atoms with Crippen molar-refractivity contribution in [1.82, 2.24) is 0 Å². The minimum atomic E-state index is -0.266. The SMILES string of the molecule is Fc1cc(Br)cc(OCC2(CBr)CCCCCC2)c1. The van der Waals surface area contributed by atoms with Crippen LogP contribution in [0.4, 0.5) is 4.39 Å². The Morgan fingerprint density at radius 2 is 1.79 bits per heavy atom. The summed E-state index contributed by atoms with van der Waals surface area (Å²) >= 11 is 6.93. The van der Waals surface area contributed by atoms with Crippen LogP contribution in [0.2, 0.25) is 0 Å². The maximum absolute atomic E-state index is 13.3. The summed E-state index contributed by atoms with van der Waals surface area (Å²) in [6.45, 7) is 0.661. The molecule has 2 rings (SSSR count). The lowest BCUT2D eigenvalue weighted by Crippen LogP contribution is -2.30. The highest BCUT2D eigenvalue weighted by atomic mass is 79.9. The largest absolute Gasteiger partial charge is 0.493 e. The number of alkyl halides is 1. The minimum Gasteiger partial charge on any atom is -0.493 e. The molecule has 1 fully saturated rings. The fraction of sp³-hybridized carbons (Fsp3) is 0.600. The first kappa shape index (κ1) is 15.3. The normalized spacial score (nSPS) is 18.9. The van der Waals surface area contributed by atoms with Crippen molar-refractivity contribution in [2.75, 3.05) is 11.9 Å². The highest BCUT2D eigenvalue weighted by Crippen LogP contribution is 2.37. The van der Waals surface area contributed by atoms with Crippen LogP contribution in [0.1, 0.15) is 38.5 Å². The molecule has 0 saturated heterocycles. The van der Waals surface area contributed by atoms with Gasteiger partial charge in [-0.1, -0.05) is 57.5 Å². The van der Waals surface area contributed by atoms with E-state index in [1.54, 1.807) is 0 Å². The molecule has 1 aromatic carbocycles. The minimum absolute atomic E-state index is 0.204. The number of hydrogen-bond acceptors (Lipinski definition) is 1. The van der Waals surface area contributed by atoms with Gasteiger partial charge in [0.1, 0.15) is 11.6 Å². The third-order valence-corrected chi connectivity index (χ3v) is 5.48. The Balaban J connectivity index is 2.02. The van der Waals surface area contributed by atoms with Gasteiger partial charge in [0.15, 0.2) is 0 Å². The molecule has 0 aromatic heterocycles. The molecule has 0 unspecified atom stereocenters. The average Bonchev–Trinajstić information content (AvgIpc) is 2.61. The summed E-state index contributed by atoms with van der Waals surface area (Å²) in [4.78, 5) is 0. The topological polar surface area (TPSA) is 9.23 Å². The van der Waals surface area contributed by atoms with Crippen molar-refractivity contribution in [2.24, 2.45) is 5.41 Å². The van der Waals surface area contributed by atoms with Gasteiger partial charge in [-0.3, -0.25) is 0 Å². The van der Waals surface area contributed by atoms with Crippen molar-refractivity contribution in [1.29, 1.82) is 0 Å². The fourth-order valence-electron chi connectivity index (χ4n) is 2.64. The van der Waals surface area contributed by atoms with Crippen LogP contribution in [-0.2, 0) is 0 Å². The van der Waals surface area contributed by atoms with Crippen LogP contribution in [0.5, 0.6) is 5.75 Å². The summed E-state index contributed by atoms with van der Waals surface area (Å²) < 4.78 is 19.9. The van der Waals surface area contributed by atoms with Crippen molar-refractivity contribution in [2.45, 2.75) is 38.5 Å². The molecule has 1 aromatic rings. The molecule has 0 amide bonds. The molecule has 0 radical (unpaired) electrons. The van der Waals surface area contributed by atoms with Gasteiger partial charge in [0, 0.05) is 21.3 Å². The van der Waals surface area contributed by atoms with Gasteiger partial charge >= 0.3 is 0 Å². The smallest absolute Gasteiger partial charge is 0.128 e. The maximum Gasteiger partial charge on any atom is 0.128 e. The quantitative estimate of drug-likeness (QED) is 0.470. The van der Waals surface area contributed by atoms with Crippen molar-refractivity contribution in [3.05, 3.63) is 28.5 Å². The van der Waals surface area contributed by atoms with Gasteiger partial charge < -0.3 is 4.74 Å². The van der Waals surface area contributed by atoms with Crippen molar-refractivity contribution in [3.8, 4) is 5.75 Å². The lowest BCUT2D eigenvalue weighted by atomic mass is 9.83. The second kappa shape index (κ2) is 7.07. The first-order valence-corrected chi connectivity index (χ1v) is 8.70. The molecular weight excluding hydrogens is 375 g/mol. The predicted octanol–water partition coefficient (Wildman–Crippen LogP) is 5.70. The zero-order valence-corrected chi connectivity index (χ0v) is 14.1. The molecule has 106 valence electrons. The Kier molecular flexibility index (Phi) is 5.70. The van der Waals surface area contributed by atoms with Crippen molar-refractivity contribution >= 4 is 31.9 Å². The van der Waals surface area contributed by atoms with E-state index in [1.165, 1.54) is 50.7 Å². The van der Waals surface area contributed by atoms with Gasteiger partial charge in [-0.2, -0.15) is 0 Å². The standard InChI is InChI=1S/C15H19Br2FO/c16-10-15(5-3-1-2-4-6-15)11-19-14-8-12(17)7-13(18)9-14/h7-9H,1-6,10-11H2. The Morgan fingerprint density at radius 3 is 2.37 bits per heavy atom. The van der Waals surface area contributed by atoms with E-state index in [9.17, 15) is 4.39 Å². The fourth-order valence-corrected chi connectivity index (χ4v) is 3.81. The molecule has 19 heavy (non-hydrogen) atoms. The first-order chi connectivity index (χ1) is 9.13. The van der Waals surface area contributed by atoms with E-state index >= 15 is 0 Å². The Morgan fingerprint density at radius 1 is 1.11 bits per heavy atom. The highest BCUT2D eigenvalue weighted by molar-refractivity contribution is 9.10. The molecule has 0 atom stereocenters. The van der Waals surface area contributed by atoms with Gasteiger partial charge in [0.05, 0.1) is 6.61 Å². The summed E-state index contributed by atoms with van der Waals surface area (Å²) in [5.74, 6) is 0.342. The summed E-state index contributed by atoms with van der Waals surface area (Å²) in [7, 11) is 0. The third kappa shape index (κ3) is 4.45. The molecule has 0 heterocycles. The van der Waals surface area contributed by atoms with Gasteiger partial charge in [-0.15, -0.1) is 0 Å². The second-order valence-electron chi connectivity index (χ2n) is 5.44. The zero-order valence-electron chi connectivity index (χ0n) is 10.9. The highest BCUT2D eigenvalue weighted by Gasteiger charge is 2.30. The van der Waals surface area contributed by atoms with Crippen LogP contribution in [-0.4, -0.2) is 11.9 Å². The first-order valence-electron chi connectivity index (χ1n) is 6.78. The molecule has 4 heteroatoms. The van der Waals surface area contributed by atoms with Gasteiger partial charge in [0.2, 0.25) is 0 Å². The Labute approximate surface area is 131 Å². The van der Waals surface area contributed by atoms with Crippen LogP contribution in [0.3, 0.4) is 0 Å². The summed E-state index contributed by atoms with van der Waals surface area (Å²) in [6, 6.07) is 4.71. The van der Waals surface area contributed by atoms with E-state index in [-0.39, 0.29) is 11.2 Å². The lowest BCUT2D eigenvalue weighted by Gasteiger charge is -2.30. The van der Waals surface area contributed by atoms with Crippen LogP contribution in [0.25, 0.3) is 0 Å². The number of hydrogen-bond donors (Lipinski definition) is 0. The summed E-state index contributed by atoms with van der Waals surface area (Å²) in [6.07, 6.45) is 7.55. The van der Waals surface area contributed by atoms with Crippen LogP contribution in [0.15, 0.2) is 22.7 Å². The van der Waals surface area contributed by atoms with E-state index < -0.39 is 0 Å². The molecule has 1 aliphatic carbocycles. The number of rotatable bonds is 4. The van der Waals surface area contributed by atoms with Crippen LogP contribution >= 0.6 is 31.9 Å². The zero-order chi connectivity index (χ0) is 13.7. The van der Waals surface area contributed by atoms with Gasteiger partial charge in [-0.05, 0) is 25.0 Å². The van der Waals surface area contributed by atoms with Gasteiger partial charge in [0.25, 0.3) is 0 Å². The molecule has 1 aliphatic rings. The monoisotopic (exact) mass is 392 g/mol. The lowest BCUT2D eigenvalue weighted by molar-refractivity contribution is 0.149. The van der Waals surface area contributed by atoms with Crippen LogP contribution < -0.4 is 4.74 Å². The van der Waals surface area contributed by atoms with Crippen molar-refractivity contribution < 1.29 is 9.13 Å². The number of benzene rings is 1. The third-order valence-electron chi connectivity index (χ3n) is 3.83. The Hall–Kier alpha value is -0.0900. The van der Waals surface area contributed by atoms with E-state index in [0.717, 1.165) is 9.80 Å². The second-order valence-corrected chi connectivity index (χ2v) is 6.92. The van der Waals surface area contributed by atoms with E-state index in [0.29, 0.717) is 12.4 Å². The Bertz CT molecular complexity index is 394. The van der Waals surface area contributed by atoms with E-state index in [2.05, 4.69) is 31.9 Å². The molecule has 1 saturated carbocycles. The van der Waals surface area contributed by atoms with Crippen molar-refractivity contribution in [3.63, 3.8) is 0 Å². The molecular formula is C15H19Br2FO.